The normalized spacial score (nSPS) is 10.7. The summed E-state index contributed by atoms with van der Waals surface area (Å²) in [5.41, 5.74) is 0. The Morgan fingerprint density at radius 1 is 0.700 bits per heavy atom. The zero-order chi connectivity index (χ0) is 14.9. The Kier molecular flexibility index (Phi) is 16.0. The number of carbonyl (C=O) groups excluding carboxylic acids is 1. The van der Waals surface area contributed by atoms with Crippen molar-refractivity contribution in [3.8, 4) is 0 Å². The van der Waals surface area contributed by atoms with Gasteiger partial charge in [0.1, 0.15) is 0 Å². The van der Waals surface area contributed by atoms with Gasteiger partial charge >= 0.3 is 5.97 Å². The van der Waals surface area contributed by atoms with E-state index < -0.39 is 0 Å². The molecule has 0 aromatic rings. The summed E-state index contributed by atoms with van der Waals surface area (Å²) in [4.78, 5) is 10.5. The van der Waals surface area contributed by atoms with Gasteiger partial charge in [0, 0.05) is 20.1 Å². The quantitative estimate of drug-likeness (QED) is 0.318. The second kappa shape index (κ2) is 16.5. The molecule has 0 spiro atoms. The van der Waals surface area contributed by atoms with Gasteiger partial charge in [0.25, 0.3) is 0 Å². The number of esters is 1. The van der Waals surface area contributed by atoms with Crippen LogP contribution in [0.15, 0.2) is 0 Å². The first-order valence-electron chi connectivity index (χ1n) is 8.48. The second-order valence-corrected chi connectivity index (χ2v) is 5.49. The van der Waals surface area contributed by atoms with Crippen LogP contribution in [-0.4, -0.2) is 25.8 Å². The van der Waals surface area contributed by atoms with Gasteiger partial charge in [0.15, 0.2) is 0 Å². The minimum absolute atomic E-state index is 0.184. The van der Waals surface area contributed by atoms with Gasteiger partial charge in [-0.3, -0.25) is 4.79 Å². The van der Waals surface area contributed by atoms with E-state index in [9.17, 15) is 4.79 Å². The lowest BCUT2D eigenvalue weighted by Crippen LogP contribution is -2.01. The lowest BCUT2D eigenvalue weighted by Gasteiger charge is -2.05. The van der Waals surface area contributed by atoms with Crippen molar-refractivity contribution >= 4 is 5.97 Å². The molecule has 0 aliphatic heterocycles. The zero-order valence-electron chi connectivity index (χ0n) is 13.6. The van der Waals surface area contributed by atoms with Crippen LogP contribution < -0.4 is 0 Å². The van der Waals surface area contributed by atoms with Crippen LogP contribution >= 0.6 is 0 Å². The third-order valence-electron chi connectivity index (χ3n) is 3.38. The van der Waals surface area contributed by atoms with Crippen LogP contribution in [0.4, 0.5) is 0 Å². The van der Waals surface area contributed by atoms with Crippen molar-refractivity contribution in [2.24, 2.45) is 0 Å². The van der Waals surface area contributed by atoms with Crippen molar-refractivity contribution in [2.45, 2.75) is 84.5 Å². The van der Waals surface area contributed by atoms with E-state index in [1.54, 1.807) is 0 Å². The SMILES string of the molecule is CCCCCCCCCCOCCCCCOC(C)=O. The third kappa shape index (κ3) is 17.4. The van der Waals surface area contributed by atoms with Crippen molar-refractivity contribution < 1.29 is 14.3 Å². The third-order valence-corrected chi connectivity index (χ3v) is 3.38. The predicted molar refractivity (Wildman–Crippen MR) is 83.9 cm³/mol. The highest BCUT2D eigenvalue weighted by atomic mass is 16.5. The number of carbonyl (C=O) groups is 1. The van der Waals surface area contributed by atoms with Crippen LogP contribution in [0, 0.1) is 0 Å². The Morgan fingerprint density at radius 2 is 1.15 bits per heavy atom. The topological polar surface area (TPSA) is 35.5 Å². The summed E-state index contributed by atoms with van der Waals surface area (Å²) >= 11 is 0. The molecule has 0 N–H and O–H groups in total. The van der Waals surface area contributed by atoms with Crippen LogP contribution in [0.1, 0.15) is 84.5 Å². The molecule has 3 heteroatoms. The maximum absolute atomic E-state index is 10.5. The molecule has 0 unspecified atom stereocenters. The molecule has 0 radical (unpaired) electrons. The Hall–Kier alpha value is -0.570. The Balaban J connectivity index is 2.94. The molecular formula is C17H34O3. The number of rotatable bonds is 15. The number of unbranched alkanes of at least 4 members (excludes halogenated alkanes) is 9. The Morgan fingerprint density at radius 3 is 1.70 bits per heavy atom. The van der Waals surface area contributed by atoms with E-state index in [0.717, 1.165) is 32.5 Å². The number of ether oxygens (including phenoxy) is 2. The van der Waals surface area contributed by atoms with E-state index in [4.69, 9.17) is 9.47 Å². The van der Waals surface area contributed by atoms with Crippen molar-refractivity contribution in [1.29, 1.82) is 0 Å². The summed E-state index contributed by atoms with van der Waals surface area (Å²) in [5.74, 6) is -0.184. The minimum Gasteiger partial charge on any atom is -0.466 e. The Bertz CT molecular complexity index is 204. The zero-order valence-corrected chi connectivity index (χ0v) is 13.6. The first kappa shape index (κ1) is 19.4. The highest BCUT2D eigenvalue weighted by Crippen LogP contribution is 2.08. The van der Waals surface area contributed by atoms with E-state index in [2.05, 4.69) is 6.92 Å². The van der Waals surface area contributed by atoms with Crippen molar-refractivity contribution in [3.05, 3.63) is 0 Å². The largest absolute Gasteiger partial charge is 0.466 e. The molecule has 0 atom stereocenters. The van der Waals surface area contributed by atoms with Crippen LogP contribution in [0.25, 0.3) is 0 Å². The monoisotopic (exact) mass is 286 g/mol. The molecule has 0 saturated carbocycles. The molecule has 0 rings (SSSR count). The maximum Gasteiger partial charge on any atom is 0.302 e. The molecule has 3 nitrogen and oxygen atoms in total. The van der Waals surface area contributed by atoms with E-state index in [1.165, 1.54) is 58.3 Å². The van der Waals surface area contributed by atoms with Gasteiger partial charge in [-0.15, -0.1) is 0 Å². The van der Waals surface area contributed by atoms with Crippen LogP contribution in [0.3, 0.4) is 0 Å². The highest BCUT2D eigenvalue weighted by Gasteiger charge is 1.95. The summed E-state index contributed by atoms with van der Waals surface area (Å²) in [6.45, 7) is 6.00. The molecule has 0 heterocycles. The molecule has 0 amide bonds. The van der Waals surface area contributed by atoms with Crippen molar-refractivity contribution in [2.75, 3.05) is 19.8 Å². The molecule has 0 aliphatic carbocycles. The molecular weight excluding hydrogens is 252 g/mol. The summed E-state index contributed by atoms with van der Waals surface area (Å²) in [6.07, 6.45) is 13.8. The van der Waals surface area contributed by atoms with E-state index >= 15 is 0 Å². The number of hydrogen-bond donors (Lipinski definition) is 0. The molecule has 0 aliphatic rings. The number of hydrogen-bond acceptors (Lipinski definition) is 3. The van der Waals surface area contributed by atoms with Gasteiger partial charge < -0.3 is 9.47 Å². The van der Waals surface area contributed by atoms with Gasteiger partial charge in [0.2, 0.25) is 0 Å². The summed E-state index contributed by atoms with van der Waals surface area (Å²) in [5, 5.41) is 0. The highest BCUT2D eigenvalue weighted by molar-refractivity contribution is 5.65. The average molecular weight is 286 g/mol. The van der Waals surface area contributed by atoms with Crippen molar-refractivity contribution in [1.82, 2.24) is 0 Å². The Labute approximate surface area is 125 Å². The van der Waals surface area contributed by atoms with Gasteiger partial charge in [-0.2, -0.15) is 0 Å². The van der Waals surface area contributed by atoms with Gasteiger partial charge in [-0.1, -0.05) is 51.9 Å². The van der Waals surface area contributed by atoms with Gasteiger partial charge in [-0.05, 0) is 25.7 Å². The fraction of sp³-hybridized carbons (Fsp3) is 0.941. The standard InChI is InChI=1S/C17H34O3/c1-3-4-5-6-7-8-9-11-14-19-15-12-10-13-16-20-17(2)18/h3-16H2,1-2H3. The fourth-order valence-electron chi connectivity index (χ4n) is 2.14. The summed E-state index contributed by atoms with van der Waals surface area (Å²) in [7, 11) is 0. The first-order chi connectivity index (χ1) is 9.77. The predicted octanol–water partition coefficient (Wildman–Crippen LogP) is 4.88. The minimum atomic E-state index is -0.184. The molecule has 0 aromatic heterocycles. The van der Waals surface area contributed by atoms with E-state index in [0.29, 0.717) is 6.61 Å². The second-order valence-electron chi connectivity index (χ2n) is 5.49. The molecule has 20 heavy (non-hydrogen) atoms. The van der Waals surface area contributed by atoms with E-state index in [-0.39, 0.29) is 5.97 Å². The first-order valence-corrected chi connectivity index (χ1v) is 8.48. The lowest BCUT2D eigenvalue weighted by atomic mass is 10.1. The van der Waals surface area contributed by atoms with Crippen LogP contribution in [-0.2, 0) is 14.3 Å². The van der Waals surface area contributed by atoms with Crippen molar-refractivity contribution in [3.63, 3.8) is 0 Å². The maximum atomic E-state index is 10.5. The molecule has 0 bridgehead atoms. The molecule has 0 aromatic carbocycles. The smallest absolute Gasteiger partial charge is 0.302 e. The fourth-order valence-corrected chi connectivity index (χ4v) is 2.14. The van der Waals surface area contributed by atoms with Crippen LogP contribution in [0.5, 0.6) is 0 Å². The summed E-state index contributed by atoms with van der Waals surface area (Å²) in [6, 6.07) is 0. The molecule has 0 fully saturated rings. The summed E-state index contributed by atoms with van der Waals surface area (Å²) < 4.78 is 10.5. The molecule has 120 valence electrons. The lowest BCUT2D eigenvalue weighted by molar-refractivity contribution is -0.141. The van der Waals surface area contributed by atoms with Gasteiger partial charge in [-0.25, -0.2) is 0 Å². The average Bonchev–Trinajstić information content (AvgIpc) is 2.43. The van der Waals surface area contributed by atoms with E-state index in [1.807, 2.05) is 0 Å². The van der Waals surface area contributed by atoms with Crippen LogP contribution in [0.2, 0.25) is 0 Å². The molecule has 0 saturated heterocycles. The van der Waals surface area contributed by atoms with Gasteiger partial charge in [0.05, 0.1) is 6.61 Å².